The minimum atomic E-state index is -0.710. The molecular formula is C19H28N2O5. The highest BCUT2D eigenvalue weighted by atomic mass is 16.7. The van der Waals surface area contributed by atoms with Crippen molar-refractivity contribution in [2.24, 2.45) is 0 Å². The lowest BCUT2D eigenvalue weighted by Crippen LogP contribution is -2.40. The van der Waals surface area contributed by atoms with Gasteiger partial charge in [-0.2, -0.15) is 5.06 Å². The van der Waals surface area contributed by atoms with E-state index >= 15 is 0 Å². The zero-order chi connectivity index (χ0) is 19.1. The summed E-state index contributed by atoms with van der Waals surface area (Å²) in [5.74, 6) is 0.141. The minimum Gasteiger partial charge on any atom is -0.484 e. The van der Waals surface area contributed by atoms with Crippen LogP contribution in [0.3, 0.4) is 0 Å². The first-order valence-electron chi connectivity index (χ1n) is 9.06. The zero-order valence-electron chi connectivity index (χ0n) is 15.7. The molecule has 7 nitrogen and oxygen atoms in total. The van der Waals surface area contributed by atoms with Crippen molar-refractivity contribution in [3.8, 4) is 5.75 Å². The molecule has 1 atom stereocenters. The first kappa shape index (κ1) is 20.4. The van der Waals surface area contributed by atoms with Crippen molar-refractivity contribution in [1.29, 1.82) is 0 Å². The molecule has 2 rings (SSSR count). The van der Waals surface area contributed by atoms with E-state index in [1.165, 1.54) is 12.0 Å². The number of amides is 1. The van der Waals surface area contributed by atoms with Gasteiger partial charge in [-0.1, -0.05) is 26.0 Å². The SMILES string of the molecule is CCN(CC)CC(O)CON1C(=O)CCc2cccc(OCC(C)=O)c21. The van der Waals surface area contributed by atoms with Crippen LogP contribution >= 0.6 is 0 Å². The maximum Gasteiger partial charge on any atom is 0.251 e. The number of carbonyl (C=O) groups excluding carboxylic acids is 2. The van der Waals surface area contributed by atoms with Crippen LogP contribution in [-0.4, -0.2) is 60.6 Å². The number of benzene rings is 1. The van der Waals surface area contributed by atoms with Gasteiger partial charge < -0.3 is 14.7 Å². The van der Waals surface area contributed by atoms with E-state index in [1.54, 1.807) is 6.07 Å². The van der Waals surface area contributed by atoms with Crippen LogP contribution in [0.5, 0.6) is 5.75 Å². The van der Waals surface area contributed by atoms with Gasteiger partial charge in [0, 0.05) is 13.0 Å². The van der Waals surface area contributed by atoms with E-state index in [1.807, 2.05) is 26.0 Å². The summed E-state index contributed by atoms with van der Waals surface area (Å²) in [7, 11) is 0. The number of hydroxylamine groups is 1. The van der Waals surface area contributed by atoms with Crippen LogP contribution in [0.4, 0.5) is 5.69 Å². The maximum atomic E-state index is 12.4. The number of carbonyl (C=O) groups is 2. The maximum absolute atomic E-state index is 12.4. The number of Topliss-reactive ketones (excluding diaryl/α,β-unsaturated/α-hetero) is 1. The average Bonchev–Trinajstić information content (AvgIpc) is 2.63. The average molecular weight is 364 g/mol. The molecule has 0 aliphatic carbocycles. The molecule has 0 bridgehead atoms. The Labute approximate surface area is 154 Å². The third kappa shape index (κ3) is 5.27. The number of ether oxygens (including phenoxy) is 1. The summed E-state index contributed by atoms with van der Waals surface area (Å²) in [5, 5.41) is 11.4. The summed E-state index contributed by atoms with van der Waals surface area (Å²) < 4.78 is 5.56. The van der Waals surface area contributed by atoms with Gasteiger partial charge in [-0.3, -0.25) is 14.4 Å². The molecule has 144 valence electrons. The fourth-order valence-corrected chi connectivity index (χ4v) is 2.89. The molecule has 0 spiro atoms. The summed E-state index contributed by atoms with van der Waals surface area (Å²) >= 11 is 0. The van der Waals surface area contributed by atoms with Gasteiger partial charge in [0.15, 0.2) is 5.78 Å². The predicted molar refractivity (Wildman–Crippen MR) is 98.2 cm³/mol. The van der Waals surface area contributed by atoms with Crippen LogP contribution < -0.4 is 9.80 Å². The Morgan fingerprint density at radius 1 is 1.31 bits per heavy atom. The van der Waals surface area contributed by atoms with Crippen molar-refractivity contribution >= 4 is 17.4 Å². The Morgan fingerprint density at radius 2 is 2.04 bits per heavy atom. The number of aliphatic hydroxyl groups excluding tert-OH is 1. The number of aliphatic hydroxyl groups is 1. The quantitative estimate of drug-likeness (QED) is 0.679. The molecule has 1 amide bonds. The molecule has 1 aliphatic heterocycles. The van der Waals surface area contributed by atoms with E-state index in [0.717, 1.165) is 18.7 Å². The number of rotatable bonds is 10. The van der Waals surface area contributed by atoms with Gasteiger partial charge in [-0.15, -0.1) is 0 Å². The van der Waals surface area contributed by atoms with Crippen molar-refractivity contribution in [2.75, 3.05) is 37.9 Å². The number of hydrogen-bond donors (Lipinski definition) is 1. The van der Waals surface area contributed by atoms with Crippen LogP contribution in [0, 0.1) is 0 Å². The molecule has 1 N–H and O–H groups in total. The van der Waals surface area contributed by atoms with Crippen LogP contribution in [-0.2, 0) is 20.8 Å². The second kappa shape index (κ2) is 9.66. The molecule has 0 fully saturated rings. The molecule has 1 aromatic rings. The summed E-state index contributed by atoms with van der Waals surface area (Å²) in [4.78, 5) is 31.4. The third-order valence-corrected chi connectivity index (χ3v) is 4.31. The van der Waals surface area contributed by atoms with Gasteiger partial charge in [0.2, 0.25) is 0 Å². The number of hydrogen-bond acceptors (Lipinski definition) is 6. The van der Waals surface area contributed by atoms with Crippen LogP contribution in [0.1, 0.15) is 32.8 Å². The highest BCUT2D eigenvalue weighted by molar-refractivity contribution is 5.96. The van der Waals surface area contributed by atoms with Crippen molar-refractivity contribution in [1.82, 2.24) is 4.90 Å². The lowest BCUT2D eigenvalue weighted by Gasteiger charge is -2.31. The Kier molecular flexibility index (Phi) is 7.56. The largest absolute Gasteiger partial charge is 0.484 e. The second-order valence-electron chi connectivity index (χ2n) is 6.38. The second-order valence-corrected chi connectivity index (χ2v) is 6.38. The molecule has 26 heavy (non-hydrogen) atoms. The molecule has 0 saturated heterocycles. The van der Waals surface area contributed by atoms with Crippen molar-refractivity contribution in [3.63, 3.8) is 0 Å². The summed E-state index contributed by atoms with van der Waals surface area (Å²) in [5.41, 5.74) is 1.45. The van der Waals surface area contributed by atoms with E-state index in [9.17, 15) is 14.7 Å². The standard InChI is InChI=1S/C19H28N2O5/c1-4-20(5-2)11-16(23)13-26-21-18(24)10-9-15-7-6-8-17(19(15)21)25-12-14(3)22/h6-8,16,23H,4-5,9-13H2,1-3H3. The first-order valence-corrected chi connectivity index (χ1v) is 9.06. The zero-order valence-corrected chi connectivity index (χ0v) is 15.7. The lowest BCUT2D eigenvalue weighted by molar-refractivity contribution is -0.128. The van der Waals surface area contributed by atoms with Crippen molar-refractivity contribution in [3.05, 3.63) is 23.8 Å². The molecular weight excluding hydrogens is 336 g/mol. The van der Waals surface area contributed by atoms with Gasteiger partial charge in [0.25, 0.3) is 5.91 Å². The first-order chi connectivity index (χ1) is 12.5. The van der Waals surface area contributed by atoms with Crippen LogP contribution in [0.2, 0.25) is 0 Å². The van der Waals surface area contributed by atoms with E-state index in [4.69, 9.17) is 9.57 Å². The molecule has 1 unspecified atom stereocenters. The molecule has 0 saturated carbocycles. The number of aryl methyl sites for hydroxylation is 1. The van der Waals surface area contributed by atoms with Crippen molar-refractivity contribution in [2.45, 2.75) is 39.7 Å². The Bertz CT molecular complexity index is 630. The van der Waals surface area contributed by atoms with E-state index < -0.39 is 6.10 Å². The van der Waals surface area contributed by atoms with Crippen LogP contribution in [0.15, 0.2) is 18.2 Å². The monoisotopic (exact) mass is 364 g/mol. The number of nitrogens with zero attached hydrogens (tertiary/aromatic N) is 2. The fourth-order valence-electron chi connectivity index (χ4n) is 2.89. The summed E-state index contributed by atoms with van der Waals surface area (Å²) in [6.07, 6.45) is 0.209. The molecule has 1 aromatic carbocycles. The number of likely N-dealkylation sites (N-methyl/N-ethyl adjacent to an activating group) is 1. The molecule has 7 heteroatoms. The molecule has 1 heterocycles. The van der Waals surface area contributed by atoms with E-state index in [-0.39, 0.29) is 24.9 Å². The number of para-hydroxylation sites is 1. The smallest absolute Gasteiger partial charge is 0.251 e. The van der Waals surface area contributed by atoms with Gasteiger partial charge in [-0.25, -0.2) is 0 Å². The minimum absolute atomic E-state index is 0.00270. The lowest BCUT2D eigenvalue weighted by atomic mass is 10.0. The van der Waals surface area contributed by atoms with E-state index in [0.29, 0.717) is 30.8 Å². The predicted octanol–water partition coefficient (Wildman–Crippen LogP) is 1.57. The van der Waals surface area contributed by atoms with E-state index in [2.05, 4.69) is 4.90 Å². The Hall–Kier alpha value is -1.96. The van der Waals surface area contributed by atoms with Gasteiger partial charge in [0.1, 0.15) is 24.7 Å². The summed E-state index contributed by atoms with van der Waals surface area (Å²) in [6.45, 7) is 7.58. The normalized spacial score (nSPS) is 15.1. The van der Waals surface area contributed by atoms with Crippen LogP contribution in [0.25, 0.3) is 0 Å². The number of anilines is 1. The van der Waals surface area contributed by atoms with Gasteiger partial charge >= 0.3 is 0 Å². The highest BCUT2D eigenvalue weighted by Crippen LogP contribution is 2.37. The number of ketones is 1. The number of fused-ring (bicyclic) bond motifs is 1. The topological polar surface area (TPSA) is 79.3 Å². The Balaban J connectivity index is 2.12. The van der Waals surface area contributed by atoms with Crippen molar-refractivity contribution < 1.29 is 24.3 Å². The molecule has 1 aliphatic rings. The fraction of sp³-hybridized carbons (Fsp3) is 0.579. The molecule has 0 radical (unpaired) electrons. The van der Waals surface area contributed by atoms with Gasteiger partial charge in [0.05, 0.1) is 6.10 Å². The van der Waals surface area contributed by atoms with Gasteiger partial charge in [-0.05, 0) is 38.1 Å². The highest BCUT2D eigenvalue weighted by Gasteiger charge is 2.29. The summed E-state index contributed by atoms with van der Waals surface area (Å²) in [6, 6.07) is 5.45. The third-order valence-electron chi connectivity index (χ3n) is 4.31. The molecule has 0 aromatic heterocycles. The Morgan fingerprint density at radius 3 is 2.69 bits per heavy atom.